The molecule has 0 radical (unpaired) electrons. The highest BCUT2D eigenvalue weighted by atomic mass is 16.5. The highest BCUT2D eigenvalue weighted by Gasteiger charge is 2.02. The van der Waals surface area contributed by atoms with Gasteiger partial charge in [-0.2, -0.15) is 0 Å². The van der Waals surface area contributed by atoms with E-state index in [0.717, 1.165) is 22.7 Å². The van der Waals surface area contributed by atoms with E-state index in [9.17, 15) is 0 Å². The average Bonchev–Trinajstić information content (AvgIpc) is 2.29. The molecule has 2 nitrogen and oxygen atoms in total. The van der Waals surface area contributed by atoms with Gasteiger partial charge in [-0.1, -0.05) is 30.3 Å². The normalized spacial score (nSPS) is 10.0. The van der Waals surface area contributed by atoms with Crippen molar-refractivity contribution in [2.24, 2.45) is 0 Å². The summed E-state index contributed by atoms with van der Waals surface area (Å²) >= 11 is 0. The summed E-state index contributed by atoms with van der Waals surface area (Å²) in [6.45, 7) is 1.97. The summed E-state index contributed by atoms with van der Waals surface area (Å²) in [4.78, 5) is 4.47. The van der Waals surface area contributed by atoms with Gasteiger partial charge in [0.25, 0.3) is 0 Å². The molecule has 2 aromatic rings. The summed E-state index contributed by atoms with van der Waals surface area (Å²) in [5.74, 6) is 0.848. The lowest BCUT2D eigenvalue weighted by atomic mass is 10.1. The van der Waals surface area contributed by atoms with E-state index >= 15 is 0 Å². The van der Waals surface area contributed by atoms with Gasteiger partial charge in [-0.3, -0.25) is 4.98 Å². The predicted octanol–water partition coefficient (Wildman–Crippen LogP) is 3.07. The SMILES string of the molecule is COc1cc(C)nc(-c2ccccc2)c1. The van der Waals surface area contributed by atoms with Gasteiger partial charge in [0.2, 0.25) is 0 Å². The lowest BCUT2D eigenvalue weighted by molar-refractivity contribution is 0.414. The van der Waals surface area contributed by atoms with Gasteiger partial charge >= 0.3 is 0 Å². The molecule has 0 fully saturated rings. The fourth-order valence-corrected chi connectivity index (χ4v) is 1.51. The Morgan fingerprint density at radius 1 is 1.07 bits per heavy atom. The fourth-order valence-electron chi connectivity index (χ4n) is 1.51. The van der Waals surface area contributed by atoms with Crippen LogP contribution in [0.25, 0.3) is 11.3 Å². The molecule has 0 saturated carbocycles. The Bertz CT molecular complexity index is 451. The number of hydrogen-bond donors (Lipinski definition) is 0. The van der Waals surface area contributed by atoms with E-state index < -0.39 is 0 Å². The minimum atomic E-state index is 0.848. The summed E-state index contributed by atoms with van der Waals surface area (Å²) in [5, 5.41) is 0. The van der Waals surface area contributed by atoms with E-state index in [-0.39, 0.29) is 0 Å². The molecule has 0 spiro atoms. The molecule has 0 atom stereocenters. The minimum Gasteiger partial charge on any atom is -0.497 e. The maximum absolute atomic E-state index is 5.22. The molecule has 0 N–H and O–H groups in total. The van der Waals surface area contributed by atoms with Crippen LogP contribution in [-0.4, -0.2) is 12.1 Å². The largest absolute Gasteiger partial charge is 0.497 e. The smallest absolute Gasteiger partial charge is 0.122 e. The molecule has 0 unspecified atom stereocenters. The molecular weight excluding hydrogens is 186 g/mol. The Labute approximate surface area is 89.6 Å². The van der Waals surface area contributed by atoms with Crippen LogP contribution in [0.1, 0.15) is 5.69 Å². The molecule has 0 aliphatic rings. The quantitative estimate of drug-likeness (QED) is 0.741. The van der Waals surface area contributed by atoms with Gasteiger partial charge in [-0.05, 0) is 6.92 Å². The van der Waals surface area contributed by atoms with Crippen LogP contribution >= 0.6 is 0 Å². The Balaban J connectivity index is 2.49. The number of pyridine rings is 1. The summed E-state index contributed by atoms with van der Waals surface area (Å²) in [6, 6.07) is 14.0. The predicted molar refractivity (Wildman–Crippen MR) is 61.0 cm³/mol. The number of ether oxygens (including phenoxy) is 1. The molecule has 0 amide bonds. The van der Waals surface area contributed by atoms with E-state index in [1.165, 1.54) is 0 Å². The number of rotatable bonds is 2. The van der Waals surface area contributed by atoms with Crippen LogP contribution in [0.5, 0.6) is 5.75 Å². The van der Waals surface area contributed by atoms with Crippen molar-refractivity contribution in [1.82, 2.24) is 4.98 Å². The van der Waals surface area contributed by atoms with E-state index in [4.69, 9.17) is 4.74 Å². The van der Waals surface area contributed by atoms with E-state index in [0.29, 0.717) is 0 Å². The molecule has 0 bridgehead atoms. The van der Waals surface area contributed by atoms with E-state index in [2.05, 4.69) is 4.98 Å². The van der Waals surface area contributed by atoms with Crippen LogP contribution in [0.4, 0.5) is 0 Å². The molecule has 76 valence electrons. The summed E-state index contributed by atoms with van der Waals surface area (Å²) in [7, 11) is 1.67. The zero-order valence-electron chi connectivity index (χ0n) is 8.90. The number of benzene rings is 1. The van der Waals surface area contributed by atoms with Gasteiger partial charge in [0, 0.05) is 23.4 Å². The first kappa shape index (κ1) is 9.71. The Hall–Kier alpha value is -1.83. The van der Waals surface area contributed by atoms with Crippen molar-refractivity contribution >= 4 is 0 Å². The van der Waals surface area contributed by atoms with Crippen LogP contribution in [0.2, 0.25) is 0 Å². The summed E-state index contributed by atoms with van der Waals surface area (Å²) in [5.41, 5.74) is 3.03. The van der Waals surface area contributed by atoms with Crippen LogP contribution in [0, 0.1) is 6.92 Å². The first-order chi connectivity index (χ1) is 7.29. The monoisotopic (exact) mass is 199 g/mol. The van der Waals surface area contributed by atoms with Crippen molar-refractivity contribution in [2.75, 3.05) is 7.11 Å². The lowest BCUT2D eigenvalue weighted by Gasteiger charge is -2.05. The zero-order chi connectivity index (χ0) is 10.7. The van der Waals surface area contributed by atoms with Gasteiger partial charge in [-0.15, -0.1) is 0 Å². The van der Waals surface area contributed by atoms with Crippen LogP contribution in [-0.2, 0) is 0 Å². The highest BCUT2D eigenvalue weighted by molar-refractivity contribution is 5.60. The highest BCUT2D eigenvalue weighted by Crippen LogP contribution is 2.22. The topological polar surface area (TPSA) is 22.1 Å². The molecule has 1 aromatic heterocycles. The lowest BCUT2D eigenvalue weighted by Crippen LogP contribution is -1.90. The molecule has 2 rings (SSSR count). The molecular formula is C13H13NO. The molecule has 0 saturated heterocycles. The molecule has 1 aromatic carbocycles. The van der Waals surface area contributed by atoms with Crippen molar-refractivity contribution in [2.45, 2.75) is 6.92 Å². The van der Waals surface area contributed by atoms with E-state index in [1.807, 2.05) is 49.4 Å². The first-order valence-corrected chi connectivity index (χ1v) is 4.87. The van der Waals surface area contributed by atoms with Gasteiger partial charge in [0.15, 0.2) is 0 Å². The number of aryl methyl sites for hydroxylation is 1. The number of hydrogen-bond acceptors (Lipinski definition) is 2. The summed E-state index contributed by atoms with van der Waals surface area (Å²) < 4.78 is 5.22. The van der Waals surface area contributed by atoms with Crippen molar-refractivity contribution in [3.63, 3.8) is 0 Å². The maximum Gasteiger partial charge on any atom is 0.122 e. The maximum atomic E-state index is 5.22. The second-order valence-corrected chi connectivity index (χ2v) is 3.40. The number of nitrogens with zero attached hydrogens (tertiary/aromatic N) is 1. The molecule has 2 heteroatoms. The first-order valence-electron chi connectivity index (χ1n) is 4.87. The van der Waals surface area contributed by atoms with Crippen molar-refractivity contribution in [1.29, 1.82) is 0 Å². The summed E-state index contributed by atoms with van der Waals surface area (Å²) in [6.07, 6.45) is 0. The van der Waals surface area contributed by atoms with Crippen molar-refractivity contribution in [3.8, 4) is 17.0 Å². The molecule has 15 heavy (non-hydrogen) atoms. The van der Waals surface area contributed by atoms with Gasteiger partial charge < -0.3 is 4.74 Å². The minimum absolute atomic E-state index is 0.848. The number of methoxy groups -OCH3 is 1. The Morgan fingerprint density at radius 3 is 2.47 bits per heavy atom. The van der Waals surface area contributed by atoms with Crippen LogP contribution in [0.15, 0.2) is 42.5 Å². The van der Waals surface area contributed by atoms with Crippen molar-refractivity contribution in [3.05, 3.63) is 48.2 Å². The number of aromatic nitrogens is 1. The van der Waals surface area contributed by atoms with E-state index in [1.54, 1.807) is 7.11 Å². The third kappa shape index (κ3) is 2.15. The van der Waals surface area contributed by atoms with Crippen LogP contribution in [0.3, 0.4) is 0 Å². The van der Waals surface area contributed by atoms with Gasteiger partial charge in [-0.25, -0.2) is 0 Å². The third-order valence-corrected chi connectivity index (χ3v) is 2.23. The molecule has 0 aliphatic heterocycles. The van der Waals surface area contributed by atoms with Crippen molar-refractivity contribution < 1.29 is 4.74 Å². The van der Waals surface area contributed by atoms with Crippen LogP contribution < -0.4 is 4.74 Å². The second kappa shape index (κ2) is 4.13. The Kier molecular flexibility index (Phi) is 2.68. The fraction of sp³-hybridized carbons (Fsp3) is 0.154. The standard InChI is InChI=1S/C13H13NO/c1-10-8-12(15-2)9-13(14-10)11-6-4-3-5-7-11/h3-9H,1-2H3. The molecule has 1 heterocycles. The van der Waals surface area contributed by atoms with Gasteiger partial charge in [0.05, 0.1) is 12.8 Å². The Morgan fingerprint density at radius 2 is 1.80 bits per heavy atom. The molecule has 0 aliphatic carbocycles. The second-order valence-electron chi connectivity index (χ2n) is 3.40. The average molecular weight is 199 g/mol. The zero-order valence-corrected chi connectivity index (χ0v) is 8.90. The third-order valence-electron chi connectivity index (χ3n) is 2.23. The van der Waals surface area contributed by atoms with Gasteiger partial charge in [0.1, 0.15) is 5.75 Å².